The van der Waals surface area contributed by atoms with Crippen LogP contribution >= 0.6 is 24.0 Å². The highest BCUT2D eigenvalue weighted by Crippen LogP contribution is 2.22. The third kappa shape index (κ3) is 8.93. The molecule has 0 saturated carbocycles. The van der Waals surface area contributed by atoms with Gasteiger partial charge in [0.15, 0.2) is 5.96 Å². The van der Waals surface area contributed by atoms with Gasteiger partial charge in [0.05, 0.1) is 6.54 Å². The first-order chi connectivity index (χ1) is 11.8. The average molecular weight is 486 g/mol. The van der Waals surface area contributed by atoms with Gasteiger partial charge in [-0.2, -0.15) is 0 Å². The molecule has 0 bridgehead atoms. The van der Waals surface area contributed by atoms with E-state index in [-0.39, 0.29) is 29.7 Å². The molecule has 0 aromatic heterocycles. The Kier molecular flexibility index (Phi) is 9.48. The minimum Gasteiger partial charge on any atom is -0.406 e. The lowest BCUT2D eigenvalue weighted by molar-refractivity contribution is -0.274. The van der Waals surface area contributed by atoms with Crippen molar-refractivity contribution in [2.24, 2.45) is 16.6 Å². The molecule has 0 aliphatic carbocycles. The molecule has 9 heteroatoms. The predicted octanol–water partition coefficient (Wildman–Crippen LogP) is 3.34. The summed E-state index contributed by atoms with van der Waals surface area (Å²) in [7, 11) is 0. The van der Waals surface area contributed by atoms with E-state index in [0.29, 0.717) is 12.5 Å². The van der Waals surface area contributed by atoms with E-state index in [1.54, 1.807) is 0 Å². The van der Waals surface area contributed by atoms with Crippen LogP contribution in [0.3, 0.4) is 0 Å². The van der Waals surface area contributed by atoms with Crippen molar-refractivity contribution in [1.29, 1.82) is 0 Å². The molecule has 1 saturated heterocycles. The van der Waals surface area contributed by atoms with Crippen LogP contribution in [0.4, 0.5) is 13.2 Å². The van der Waals surface area contributed by atoms with Gasteiger partial charge in [0, 0.05) is 13.1 Å². The number of hydrogen-bond acceptors (Lipinski definition) is 3. The van der Waals surface area contributed by atoms with Gasteiger partial charge in [0.2, 0.25) is 0 Å². The summed E-state index contributed by atoms with van der Waals surface area (Å²) in [4.78, 5) is 6.60. The van der Waals surface area contributed by atoms with Gasteiger partial charge in [0.25, 0.3) is 0 Å². The average Bonchev–Trinajstić information content (AvgIpc) is 2.55. The fourth-order valence-electron chi connectivity index (χ4n) is 2.66. The Morgan fingerprint density at radius 2 is 1.88 bits per heavy atom. The summed E-state index contributed by atoms with van der Waals surface area (Å²) in [5.41, 5.74) is 6.57. The highest BCUT2D eigenvalue weighted by molar-refractivity contribution is 14.0. The molecule has 3 N–H and O–H groups in total. The van der Waals surface area contributed by atoms with Crippen LogP contribution in [0.25, 0.3) is 0 Å². The predicted molar refractivity (Wildman–Crippen MR) is 107 cm³/mol. The molecule has 0 atom stereocenters. The lowest BCUT2D eigenvalue weighted by atomic mass is 9.99. The first-order valence-corrected chi connectivity index (χ1v) is 8.42. The van der Waals surface area contributed by atoms with Crippen LogP contribution in [0.1, 0.15) is 25.3 Å². The third-order valence-electron chi connectivity index (χ3n) is 4.20. The van der Waals surface area contributed by atoms with E-state index in [1.807, 2.05) is 0 Å². The molecular weight excluding hydrogens is 460 g/mol. The van der Waals surface area contributed by atoms with Gasteiger partial charge in [-0.15, -0.1) is 37.1 Å². The molecule has 1 aliphatic heterocycles. The second-order valence-corrected chi connectivity index (χ2v) is 6.34. The van der Waals surface area contributed by atoms with E-state index in [4.69, 9.17) is 5.73 Å². The molecule has 1 heterocycles. The minimum absolute atomic E-state index is 0. The SMILES string of the molecule is CC1CCN(CCNC(N)=NCc2ccc(OC(F)(F)F)cc2)CC1.I. The van der Waals surface area contributed by atoms with Crippen molar-refractivity contribution in [3.8, 4) is 5.75 Å². The van der Waals surface area contributed by atoms with Gasteiger partial charge < -0.3 is 20.7 Å². The van der Waals surface area contributed by atoms with Crippen molar-refractivity contribution in [2.45, 2.75) is 32.7 Å². The summed E-state index contributed by atoms with van der Waals surface area (Å²) < 4.78 is 40.1. The maximum absolute atomic E-state index is 12.1. The molecule has 26 heavy (non-hydrogen) atoms. The summed E-state index contributed by atoms with van der Waals surface area (Å²) in [5.74, 6) is 0.895. The molecule has 1 fully saturated rings. The van der Waals surface area contributed by atoms with Crippen LogP contribution in [-0.4, -0.2) is 43.4 Å². The molecule has 1 aliphatic rings. The lowest BCUT2D eigenvalue weighted by Crippen LogP contribution is -2.41. The van der Waals surface area contributed by atoms with Crippen molar-refractivity contribution in [1.82, 2.24) is 10.2 Å². The standard InChI is InChI=1S/C17H25F3N4O.HI/c1-13-6-9-24(10-7-13)11-8-22-16(21)23-12-14-2-4-15(5-3-14)25-17(18,19)20;/h2-5,13H,6-12H2,1H3,(H3,21,22,23);1H. The van der Waals surface area contributed by atoms with Crippen molar-refractivity contribution < 1.29 is 17.9 Å². The van der Waals surface area contributed by atoms with Crippen molar-refractivity contribution >= 4 is 29.9 Å². The Hall–Kier alpha value is -1.23. The van der Waals surface area contributed by atoms with Gasteiger partial charge in [-0.1, -0.05) is 19.1 Å². The Morgan fingerprint density at radius 1 is 1.27 bits per heavy atom. The number of nitrogens with zero attached hydrogens (tertiary/aromatic N) is 2. The van der Waals surface area contributed by atoms with E-state index >= 15 is 0 Å². The maximum atomic E-state index is 12.1. The second-order valence-electron chi connectivity index (χ2n) is 6.34. The number of likely N-dealkylation sites (tertiary alicyclic amines) is 1. The molecule has 0 spiro atoms. The molecule has 148 valence electrons. The molecule has 1 aromatic carbocycles. The number of halogens is 4. The number of aliphatic imine (C=N–C) groups is 1. The molecule has 0 amide bonds. The number of hydrogen-bond donors (Lipinski definition) is 2. The van der Waals surface area contributed by atoms with Crippen molar-refractivity contribution in [3.05, 3.63) is 29.8 Å². The zero-order chi connectivity index (χ0) is 18.3. The van der Waals surface area contributed by atoms with Crippen molar-refractivity contribution in [2.75, 3.05) is 26.2 Å². The number of piperidine rings is 1. The normalized spacial score (nSPS) is 16.8. The van der Waals surface area contributed by atoms with E-state index in [1.165, 1.54) is 37.1 Å². The van der Waals surface area contributed by atoms with E-state index in [2.05, 4.69) is 26.9 Å². The van der Waals surface area contributed by atoms with Crippen LogP contribution < -0.4 is 15.8 Å². The summed E-state index contributed by atoms with van der Waals surface area (Å²) >= 11 is 0. The zero-order valence-corrected chi connectivity index (χ0v) is 17.1. The Labute approximate surface area is 169 Å². The van der Waals surface area contributed by atoms with Crippen LogP contribution in [0, 0.1) is 5.92 Å². The van der Waals surface area contributed by atoms with Crippen LogP contribution in [0.15, 0.2) is 29.3 Å². The Bertz CT molecular complexity index is 558. The van der Waals surface area contributed by atoms with Crippen LogP contribution in [0.2, 0.25) is 0 Å². The van der Waals surface area contributed by atoms with Gasteiger partial charge in [-0.3, -0.25) is 0 Å². The van der Waals surface area contributed by atoms with Gasteiger partial charge in [-0.05, 0) is 49.5 Å². The highest BCUT2D eigenvalue weighted by Gasteiger charge is 2.30. The molecule has 1 aromatic rings. The van der Waals surface area contributed by atoms with E-state index in [0.717, 1.165) is 37.7 Å². The third-order valence-corrected chi connectivity index (χ3v) is 4.20. The molecular formula is C17H26F3IN4O. The molecule has 0 radical (unpaired) electrons. The number of benzene rings is 1. The summed E-state index contributed by atoms with van der Waals surface area (Å²) in [6.07, 6.45) is -2.21. The van der Waals surface area contributed by atoms with E-state index in [9.17, 15) is 13.2 Å². The number of rotatable bonds is 6. The Morgan fingerprint density at radius 3 is 2.46 bits per heavy atom. The number of ether oxygens (including phenoxy) is 1. The van der Waals surface area contributed by atoms with Crippen LogP contribution in [-0.2, 0) is 6.54 Å². The van der Waals surface area contributed by atoms with Gasteiger partial charge >= 0.3 is 6.36 Å². The first-order valence-electron chi connectivity index (χ1n) is 8.42. The van der Waals surface area contributed by atoms with E-state index < -0.39 is 6.36 Å². The quantitative estimate of drug-likeness (QED) is 0.368. The number of alkyl halides is 3. The van der Waals surface area contributed by atoms with Crippen molar-refractivity contribution in [3.63, 3.8) is 0 Å². The molecule has 2 rings (SSSR count). The zero-order valence-electron chi connectivity index (χ0n) is 14.8. The van der Waals surface area contributed by atoms with Gasteiger partial charge in [0.1, 0.15) is 5.75 Å². The molecule has 5 nitrogen and oxygen atoms in total. The Balaban J connectivity index is 0.00000338. The van der Waals surface area contributed by atoms with Crippen LogP contribution in [0.5, 0.6) is 5.75 Å². The summed E-state index contributed by atoms with van der Waals surface area (Å²) in [6, 6.07) is 5.60. The fraction of sp³-hybridized carbons (Fsp3) is 0.588. The number of nitrogens with one attached hydrogen (secondary N) is 1. The van der Waals surface area contributed by atoms with Gasteiger partial charge in [-0.25, -0.2) is 4.99 Å². The monoisotopic (exact) mass is 486 g/mol. The second kappa shape index (κ2) is 10.8. The summed E-state index contributed by atoms with van der Waals surface area (Å²) in [5, 5.41) is 3.07. The number of nitrogens with two attached hydrogens (primary N) is 1. The topological polar surface area (TPSA) is 62.9 Å². The molecule has 0 unspecified atom stereocenters. The fourth-order valence-corrected chi connectivity index (χ4v) is 2.66. The first kappa shape index (κ1) is 22.8. The maximum Gasteiger partial charge on any atom is 0.573 e. The minimum atomic E-state index is -4.68. The lowest BCUT2D eigenvalue weighted by Gasteiger charge is -2.30. The number of guanidine groups is 1. The highest BCUT2D eigenvalue weighted by atomic mass is 127. The largest absolute Gasteiger partial charge is 0.573 e. The smallest absolute Gasteiger partial charge is 0.406 e. The summed E-state index contributed by atoms with van der Waals surface area (Å²) in [6.45, 7) is 6.46.